The lowest BCUT2D eigenvalue weighted by Crippen LogP contribution is -2.11. The first kappa shape index (κ1) is 18.8. The van der Waals surface area contributed by atoms with E-state index in [0.29, 0.717) is 5.56 Å². The first-order chi connectivity index (χ1) is 13.1. The number of benzene rings is 3. The number of rotatable bonds is 7. The molecular formula is C22H21ClN2O2. The molecular weight excluding hydrogens is 360 g/mol. The number of hydrogen-bond acceptors (Lipinski definition) is 3. The van der Waals surface area contributed by atoms with Crippen LogP contribution in [0.2, 0.25) is 5.02 Å². The second-order valence-corrected chi connectivity index (χ2v) is 6.50. The number of carbonyl (C=O) groups is 1. The van der Waals surface area contributed by atoms with Crippen LogP contribution in [-0.4, -0.2) is 19.6 Å². The summed E-state index contributed by atoms with van der Waals surface area (Å²) in [6.45, 7) is 0.819. The summed E-state index contributed by atoms with van der Waals surface area (Å²) in [6.07, 6.45) is 0.910. The highest BCUT2D eigenvalue weighted by Crippen LogP contribution is 2.17. The Labute approximate surface area is 164 Å². The van der Waals surface area contributed by atoms with Crippen molar-refractivity contribution < 1.29 is 9.53 Å². The minimum atomic E-state index is -0.152. The standard InChI is InChI=1S/C22H21ClN2O2/c1-27-21-12-4-17(5-13-21)22(26)25-20-10-8-19(9-11-20)24-15-14-16-2-6-18(23)7-3-16/h2-13,24H,14-15H2,1H3,(H,25,26). The third kappa shape index (κ3) is 5.50. The van der Waals surface area contributed by atoms with Crippen LogP contribution >= 0.6 is 11.6 Å². The van der Waals surface area contributed by atoms with E-state index in [0.717, 1.165) is 35.1 Å². The quantitative estimate of drug-likeness (QED) is 0.588. The summed E-state index contributed by atoms with van der Waals surface area (Å²) in [4.78, 5) is 12.3. The molecule has 0 bridgehead atoms. The number of halogens is 1. The highest BCUT2D eigenvalue weighted by atomic mass is 35.5. The molecule has 5 heteroatoms. The van der Waals surface area contributed by atoms with Crippen molar-refractivity contribution in [2.24, 2.45) is 0 Å². The number of nitrogens with one attached hydrogen (secondary N) is 2. The molecule has 3 aromatic rings. The van der Waals surface area contributed by atoms with E-state index in [2.05, 4.69) is 10.6 Å². The lowest BCUT2D eigenvalue weighted by molar-refractivity contribution is 0.102. The highest BCUT2D eigenvalue weighted by Gasteiger charge is 2.06. The molecule has 138 valence electrons. The molecule has 4 nitrogen and oxygen atoms in total. The first-order valence-corrected chi connectivity index (χ1v) is 9.05. The molecule has 0 aliphatic heterocycles. The average Bonchev–Trinajstić information content (AvgIpc) is 2.71. The van der Waals surface area contributed by atoms with Crippen molar-refractivity contribution in [2.75, 3.05) is 24.3 Å². The Morgan fingerprint density at radius 1 is 0.889 bits per heavy atom. The molecule has 0 saturated heterocycles. The Balaban J connectivity index is 1.50. The van der Waals surface area contributed by atoms with Gasteiger partial charge in [-0.25, -0.2) is 0 Å². The number of amides is 1. The third-order valence-electron chi connectivity index (χ3n) is 4.15. The minimum Gasteiger partial charge on any atom is -0.497 e. The van der Waals surface area contributed by atoms with E-state index >= 15 is 0 Å². The van der Waals surface area contributed by atoms with E-state index in [1.807, 2.05) is 48.5 Å². The van der Waals surface area contributed by atoms with Crippen molar-refractivity contribution in [1.29, 1.82) is 0 Å². The van der Waals surface area contributed by atoms with Crippen LogP contribution in [-0.2, 0) is 6.42 Å². The Kier molecular flexibility index (Phi) is 6.34. The molecule has 1 amide bonds. The molecule has 0 unspecified atom stereocenters. The van der Waals surface area contributed by atoms with Gasteiger partial charge in [0, 0.05) is 28.5 Å². The molecule has 0 saturated carbocycles. The zero-order valence-electron chi connectivity index (χ0n) is 15.0. The van der Waals surface area contributed by atoms with Crippen LogP contribution in [0.15, 0.2) is 72.8 Å². The molecule has 0 atom stereocenters. The van der Waals surface area contributed by atoms with Crippen LogP contribution in [0.25, 0.3) is 0 Å². The van der Waals surface area contributed by atoms with Crippen LogP contribution in [0, 0.1) is 0 Å². The third-order valence-corrected chi connectivity index (χ3v) is 4.40. The summed E-state index contributed by atoms with van der Waals surface area (Å²) >= 11 is 5.89. The summed E-state index contributed by atoms with van der Waals surface area (Å²) in [5.74, 6) is 0.571. The zero-order chi connectivity index (χ0) is 19.1. The van der Waals surface area contributed by atoms with Gasteiger partial charge in [0.1, 0.15) is 5.75 Å². The smallest absolute Gasteiger partial charge is 0.255 e. The van der Waals surface area contributed by atoms with Crippen molar-refractivity contribution in [1.82, 2.24) is 0 Å². The van der Waals surface area contributed by atoms with E-state index in [9.17, 15) is 4.79 Å². The number of anilines is 2. The fourth-order valence-electron chi connectivity index (χ4n) is 2.62. The molecule has 0 spiro atoms. The lowest BCUT2D eigenvalue weighted by Gasteiger charge is -2.09. The van der Waals surface area contributed by atoms with Crippen LogP contribution in [0.1, 0.15) is 15.9 Å². The van der Waals surface area contributed by atoms with Gasteiger partial charge < -0.3 is 15.4 Å². The molecule has 3 rings (SSSR count). The molecule has 0 aliphatic rings. The van der Waals surface area contributed by atoms with Crippen LogP contribution in [0.3, 0.4) is 0 Å². The Bertz CT molecular complexity index is 876. The van der Waals surface area contributed by atoms with Crippen molar-refractivity contribution in [2.45, 2.75) is 6.42 Å². The Morgan fingerprint density at radius 2 is 1.52 bits per heavy atom. The van der Waals surface area contributed by atoms with E-state index in [1.54, 1.807) is 31.4 Å². The van der Waals surface area contributed by atoms with Gasteiger partial charge in [-0.3, -0.25) is 4.79 Å². The Morgan fingerprint density at radius 3 is 2.15 bits per heavy atom. The minimum absolute atomic E-state index is 0.152. The molecule has 3 aromatic carbocycles. The van der Waals surface area contributed by atoms with E-state index in [-0.39, 0.29) is 5.91 Å². The SMILES string of the molecule is COc1ccc(C(=O)Nc2ccc(NCCc3ccc(Cl)cc3)cc2)cc1. The summed E-state index contributed by atoms with van der Waals surface area (Å²) in [7, 11) is 1.60. The van der Waals surface area contributed by atoms with Gasteiger partial charge in [0.15, 0.2) is 0 Å². The van der Waals surface area contributed by atoms with Gasteiger partial charge >= 0.3 is 0 Å². The number of ether oxygens (including phenoxy) is 1. The highest BCUT2D eigenvalue weighted by molar-refractivity contribution is 6.30. The fraction of sp³-hybridized carbons (Fsp3) is 0.136. The Hall–Kier alpha value is -2.98. The maximum Gasteiger partial charge on any atom is 0.255 e. The zero-order valence-corrected chi connectivity index (χ0v) is 15.8. The summed E-state index contributed by atoms with van der Waals surface area (Å²) in [5, 5.41) is 7.01. The number of hydrogen-bond donors (Lipinski definition) is 2. The average molecular weight is 381 g/mol. The van der Waals surface area contributed by atoms with Crippen molar-refractivity contribution in [3.63, 3.8) is 0 Å². The molecule has 0 aliphatic carbocycles. The molecule has 0 fully saturated rings. The summed E-state index contributed by atoms with van der Waals surface area (Å²) in [5.41, 5.74) is 3.57. The molecule has 2 N–H and O–H groups in total. The van der Waals surface area contributed by atoms with E-state index in [1.165, 1.54) is 5.56 Å². The topological polar surface area (TPSA) is 50.4 Å². The largest absolute Gasteiger partial charge is 0.497 e. The van der Waals surface area contributed by atoms with Gasteiger partial charge in [-0.05, 0) is 72.6 Å². The van der Waals surface area contributed by atoms with Gasteiger partial charge in [0.2, 0.25) is 0 Å². The first-order valence-electron chi connectivity index (χ1n) is 8.68. The summed E-state index contributed by atoms with van der Waals surface area (Å²) in [6, 6.07) is 22.5. The summed E-state index contributed by atoms with van der Waals surface area (Å²) < 4.78 is 5.10. The van der Waals surface area contributed by atoms with E-state index in [4.69, 9.17) is 16.3 Å². The van der Waals surface area contributed by atoms with Gasteiger partial charge in [-0.2, -0.15) is 0 Å². The molecule has 0 heterocycles. The van der Waals surface area contributed by atoms with Crippen molar-refractivity contribution in [3.05, 3.63) is 88.9 Å². The van der Waals surface area contributed by atoms with E-state index < -0.39 is 0 Å². The molecule has 27 heavy (non-hydrogen) atoms. The molecule has 0 radical (unpaired) electrons. The lowest BCUT2D eigenvalue weighted by atomic mass is 10.1. The van der Waals surface area contributed by atoms with Crippen molar-refractivity contribution >= 4 is 28.9 Å². The molecule has 0 aromatic heterocycles. The maximum atomic E-state index is 12.3. The fourth-order valence-corrected chi connectivity index (χ4v) is 2.75. The second kappa shape index (κ2) is 9.10. The van der Waals surface area contributed by atoms with Crippen LogP contribution < -0.4 is 15.4 Å². The van der Waals surface area contributed by atoms with Crippen LogP contribution in [0.5, 0.6) is 5.75 Å². The van der Waals surface area contributed by atoms with Gasteiger partial charge in [0.25, 0.3) is 5.91 Å². The second-order valence-electron chi connectivity index (χ2n) is 6.06. The van der Waals surface area contributed by atoms with Gasteiger partial charge in [-0.15, -0.1) is 0 Å². The predicted molar refractivity (Wildman–Crippen MR) is 111 cm³/mol. The van der Waals surface area contributed by atoms with Gasteiger partial charge in [0.05, 0.1) is 7.11 Å². The number of carbonyl (C=O) groups excluding carboxylic acids is 1. The number of methoxy groups -OCH3 is 1. The predicted octanol–water partition coefficient (Wildman–Crippen LogP) is 5.26. The van der Waals surface area contributed by atoms with Gasteiger partial charge in [-0.1, -0.05) is 23.7 Å². The monoisotopic (exact) mass is 380 g/mol. The maximum absolute atomic E-state index is 12.3. The van der Waals surface area contributed by atoms with Crippen LogP contribution in [0.4, 0.5) is 11.4 Å². The van der Waals surface area contributed by atoms with Crippen molar-refractivity contribution in [3.8, 4) is 5.75 Å². The normalized spacial score (nSPS) is 10.3.